The molecule has 0 amide bonds. The quantitative estimate of drug-likeness (QED) is 0.707. The summed E-state index contributed by atoms with van der Waals surface area (Å²) >= 11 is 0. The molecule has 2 N–H and O–H groups in total. The minimum atomic E-state index is -3.61. The molecule has 0 fully saturated rings. The van der Waals surface area contributed by atoms with Crippen LogP contribution in [-0.2, 0) is 24.5 Å². The number of carboxylic acid groups (broad SMARTS) is 1. The summed E-state index contributed by atoms with van der Waals surface area (Å²) in [5.74, 6) is -0.937. The zero-order chi connectivity index (χ0) is 16.3. The highest BCUT2D eigenvalue weighted by Crippen LogP contribution is 2.25. The highest BCUT2D eigenvalue weighted by Gasteiger charge is 2.17. The highest BCUT2D eigenvalue weighted by atomic mass is 32.2. The van der Waals surface area contributed by atoms with E-state index in [1.54, 1.807) is 0 Å². The van der Waals surface area contributed by atoms with Crippen molar-refractivity contribution >= 4 is 31.3 Å². The molecule has 0 unspecified atom stereocenters. The van der Waals surface area contributed by atoms with Crippen LogP contribution in [-0.4, -0.2) is 47.0 Å². The van der Waals surface area contributed by atoms with Crippen molar-refractivity contribution in [2.24, 2.45) is 0 Å². The Morgan fingerprint density at radius 2 is 1.76 bits per heavy atom. The summed E-state index contributed by atoms with van der Waals surface area (Å²) in [4.78, 5) is 10.2. The molecule has 0 atom stereocenters. The highest BCUT2D eigenvalue weighted by molar-refractivity contribution is 7.91. The van der Waals surface area contributed by atoms with Crippen LogP contribution in [0.3, 0.4) is 0 Å². The molecule has 7 nitrogen and oxygen atoms in total. The number of sulfone groups is 2. The van der Waals surface area contributed by atoms with Crippen LogP contribution in [0.25, 0.3) is 0 Å². The van der Waals surface area contributed by atoms with Gasteiger partial charge in [0.15, 0.2) is 19.7 Å². The van der Waals surface area contributed by atoms with Crippen molar-refractivity contribution in [1.29, 1.82) is 0 Å². The molecule has 0 aliphatic carbocycles. The molecule has 118 valence electrons. The first-order chi connectivity index (χ1) is 9.51. The standard InChI is InChI=1S/C12H17NO6S2/c1-20(16,17)9-5-6-10(11(8-9)21(2,18)19)13-7-3-4-12(14)15/h5-6,8,13H,3-4,7H2,1-2H3,(H,14,15). The van der Waals surface area contributed by atoms with Crippen LogP contribution in [0, 0.1) is 0 Å². The van der Waals surface area contributed by atoms with Crippen LogP contribution >= 0.6 is 0 Å². The summed E-state index contributed by atoms with van der Waals surface area (Å²) in [5.41, 5.74) is 0.260. The average Bonchev–Trinajstić information content (AvgIpc) is 2.32. The van der Waals surface area contributed by atoms with Gasteiger partial charge in [0.25, 0.3) is 0 Å². The van der Waals surface area contributed by atoms with Crippen LogP contribution < -0.4 is 5.32 Å². The fourth-order valence-corrected chi connectivity index (χ4v) is 3.25. The first-order valence-corrected chi connectivity index (χ1v) is 9.80. The van der Waals surface area contributed by atoms with Crippen LogP contribution in [0.4, 0.5) is 5.69 Å². The van der Waals surface area contributed by atoms with Gasteiger partial charge in [0, 0.05) is 25.5 Å². The van der Waals surface area contributed by atoms with E-state index in [0.717, 1.165) is 18.6 Å². The topological polar surface area (TPSA) is 118 Å². The molecular formula is C12H17NO6S2. The smallest absolute Gasteiger partial charge is 0.303 e. The minimum Gasteiger partial charge on any atom is -0.481 e. The van der Waals surface area contributed by atoms with Crippen LogP contribution in [0.5, 0.6) is 0 Å². The number of hydrogen-bond acceptors (Lipinski definition) is 6. The van der Waals surface area contributed by atoms with E-state index in [1.165, 1.54) is 12.1 Å². The number of carbonyl (C=O) groups is 1. The molecule has 1 aromatic rings. The SMILES string of the molecule is CS(=O)(=O)c1ccc(NCCCC(=O)O)c(S(C)(=O)=O)c1. The maximum absolute atomic E-state index is 11.7. The molecule has 0 saturated carbocycles. The van der Waals surface area contributed by atoms with E-state index in [1.807, 2.05) is 0 Å². The van der Waals surface area contributed by atoms with Gasteiger partial charge in [-0.05, 0) is 24.6 Å². The third-order valence-corrected chi connectivity index (χ3v) is 4.91. The van der Waals surface area contributed by atoms with Crippen molar-refractivity contribution in [3.63, 3.8) is 0 Å². The summed E-state index contributed by atoms with van der Waals surface area (Å²) in [6.45, 7) is 0.271. The number of hydrogen-bond donors (Lipinski definition) is 2. The number of aliphatic carboxylic acids is 1. The molecule has 0 aliphatic rings. The summed E-state index contributed by atoms with van der Waals surface area (Å²) < 4.78 is 46.4. The van der Waals surface area contributed by atoms with E-state index in [-0.39, 0.29) is 28.4 Å². The fourth-order valence-electron chi connectivity index (χ4n) is 1.65. The second-order valence-electron chi connectivity index (χ2n) is 4.63. The van der Waals surface area contributed by atoms with Crippen LogP contribution in [0.1, 0.15) is 12.8 Å². The lowest BCUT2D eigenvalue weighted by Crippen LogP contribution is -2.10. The van der Waals surface area contributed by atoms with Crippen molar-refractivity contribution in [2.45, 2.75) is 22.6 Å². The third-order valence-electron chi connectivity index (χ3n) is 2.66. The van der Waals surface area contributed by atoms with E-state index >= 15 is 0 Å². The molecule has 0 aromatic heterocycles. The van der Waals surface area contributed by atoms with Crippen molar-refractivity contribution in [3.05, 3.63) is 18.2 Å². The number of rotatable bonds is 7. The lowest BCUT2D eigenvalue weighted by Gasteiger charge is -2.12. The summed E-state index contributed by atoms with van der Waals surface area (Å²) in [6, 6.07) is 3.78. The van der Waals surface area contributed by atoms with Gasteiger partial charge < -0.3 is 10.4 Å². The number of anilines is 1. The Hall–Kier alpha value is -1.61. The lowest BCUT2D eigenvalue weighted by molar-refractivity contribution is -0.137. The first kappa shape index (κ1) is 17.4. The van der Waals surface area contributed by atoms with Crippen molar-refractivity contribution in [1.82, 2.24) is 0 Å². The summed E-state index contributed by atoms with van der Waals surface area (Å²) in [7, 11) is -7.12. The molecule has 9 heteroatoms. The van der Waals surface area contributed by atoms with Gasteiger partial charge in [0.2, 0.25) is 0 Å². The molecule has 21 heavy (non-hydrogen) atoms. The van der Waals surface area contributed by atoms with Gasteiger partial charge in [-0.1, -0.05) is 0 Å². The zero-order valence-corrected chi connectivity index (χ0v) is 13.3. The Balaban J connectivity index is 3.07. The van der Waals surface area contributed by atoms with Gasteiger partial charge in [0.05, 0.1) is 15.5 Å². The van der Waals surface area contributed by atoms with Gasteiger partial charge >= 0.3 is 5.97 Å². The largest absolute Gasteiger partial charge is 0.481 e. The lowest BCUT2D eigenvalue weighted by atomic mass is 10.3. The minimum absolute atomic E-state index is 0.0391. The molecule has 1 rings (SSSR count). The second-order valence-corrected chi connectivity index (χ2v) is 8.63. The average molecular weight is 335 g/mol. The first-order valence-electron chi connectivity index (χ1n) is 6.01. The van der Waals surface area contributed by atoms with Gasteiger partial charge in [-0.15, -0.1) is 0 Å². The number of benzene rings is 1. The van der Waals surface area contributed by atoms with Gasteiger partial charge in [-0.2, -0.15) is 0 Å². The van der Waals surface area contributed by atoms with Crippen LogP contribution in [0.15, 0.2) is 28.0 Å². The fraction of sp³-hybridized carbons (Fsp3) is 0.417. The van der Waals surface area contributed by atoms with E-state index in [9.17, 15) is 21.6 Å². The zero-order valence-electron chi connectivity index (χ0n) is 11.7. The predicted molar refractivity (Wildman–Crippen MR) is 78.0 cm³/mol. The Morgan fingerprint density at radius 1 is 1.14 bits per heavy atom. The van der Waals surface area contributed by atoms with Crippen molar-refractivity contribution in [2.75, 3.05) is 24.4 Å². The van der Waals surface area contributed by atoms with Crippen molar-refractivity contribution < 1.29 is 26.7 Å². The van der Waals surface area contributed by atoms with E-state index in [0.29, 0.717) is 6.42 Å². The third kappa shape index (κ3) is 5.35. The second kappa shape index (κ2) is 6.44. The van der Waals surface area contributed by atoms with Crippen LogP contribution in [0.2, 0.25) is 0 Å². The number of carboxylic acids is 1. The molecule has 0 spiro atoms. The molecule has 1 aromatic carbocycles. The molecule has 0 saturated heterocycles. The molecule has 0 bridgehead atoms. The Morgan fingerprint density at radius 3 is 2.24 bits per heavy atom. The Labute approximate surface area is 123 Å². The van der Waals surface area contributed by atoms with Gasteiger partial charge in [0.1, 0.15) is 0 Å². The number of nitrogens with one attached hydrogen (secondary N) is 1. The van der Waals surface area contributed by atoms with E-state index in [4.69, 9.17) is 5.11 Å². The monoisotopic (exact) mass is 335 g/mol. The molecule has 0 aliphatic heterocycles. The van der Waals surface area contributed by atoms with Crippen molar-refractivity contribution in [3.8, 4) is 0 Å². The molecule has 0 radical (unpaired) electrons. The van der Waals surface area contributed by atoms with E-state index < -0.39 is 25.6 Å². The summed E-state index contributed by atoms with van der Waals surface area (Å²) in [5, 5.41) is 11.3. The maximum atomic E-state index is 11.7. The molecule has 0 heterocycles. The normalized spacial score (nSPS) is 12.1. The molecular weight excluding hydrogens is 318 g/mol. The summed E-state index contributed by atoms with van der Waals surface area (Å²) in [6.07, 6.45) is 2.26. The van der Waals surface area contributed by atoms with Gasteiger partial charge in [-0.25, -0.2) is 16.8 Å². The van der Waals surface area contributed by atoms with E-state index in [2.05, 4.69) is 5.32 Å². The Kier molecular flexibility index (Phi) is 5.35. The predicted octanol–water partition coefficient (Wildman–Crippen LogP) is 0.770. The Bertz CT molecular complexity index is 737. The maximum Gasteiger partial charge on any atom is 0.303 e. The van der Waals surface area contributed by atoms with Gasteiger partial charge in [-0.3, -0.25) is 4.79 Å².